The zero-order valence-corrected chi connectivity index (χ0v) is 20.5. The Morgan fingerprint density at radius 2 is 1.51 bits per heavy atom. The highest BCUT2D eigenvalue weighted by atomic mass is 16.5. The largest absolute Gasteiger partial charge is 0.427 e. The fraction of sp³-hybridized carbons (Fsp3) is 0.179. The van der Waals surface area contributed by atoms with Crippen molar-refractivity contribution in [1.29, 1.82) is 0 Å². The molecule has 0 aromatic heterocycles. The molecule has 0 saturated carbocycles. The third-order valence-corrected chi connectivity index (χ3v) is 5.72. The summed E-state index contributed by atoms with van der Waals surface area (Å²) < 4.78 is 5.01. The molecule has 1 aliphatic rings. The normalized spacial score (nSPS) is 12.4. The van der Waals surface area contributed by atoms with Gasteiger partial charge in [-0.2, -0.15) is 0 Å². The molecule has 9 nitrogen and oxygen atoms in total. The Hall–Kier alpha value is -4.79. The van der Waals surface area contributed by atoms with Gasteiger partial charge in [-0.15, -0.1) is 0 Å². The second-order valence-electron chi connectivity index (χ2n) is 8.79. The number of carbonyl (C=O) groups excluding carboxylic acids is 5. The monoisotopic (exact) mass is 499 g/mol. The van der Waals surface area contributed by atoms with E-state index in [-0.39, 0.29) is 47.2 Å². The Morgan fingerprint density at radius 3 is 2.19 bits per heavy atom. The van der Waals surface area contributed by atoms with Crippen molar-refractivity contribution in [1.82, 2.24) is 10.2 Å². The molecule has 3 aromatic carbocycles. The van der Waals surface area contributed by atoms with Crippen LogP contribution in [0.5, 0.6) is 5.75 Å². The van der Waals surface area contributed by atoms with Crippen molar-refractivity contribution in [2.45, 2.75) is 33.4 Å². The number of anilines is 1. The molecule has 3 aromatic rings. The van der Waals surface area contributed by atoms with Crippen molar-refractivity contribution in [3.63, 3.8) is 0 Å². The van der Waals surface area contributed by atoms with Gasteiger partial charge in [0.15, 0.2) is 0 Å². The highest BCUT2D eigenvalue weighted by molar-refractivity contribution is 6.22. The van der Waals surface area contributed by atoms with Gasteiger partial charge in [-0.05, 0) is 67.9 Å². The summed E-state index contributed by atoms with van der Waals surface area (Å²) in [5.74, 6) is -1.70. The van der Waals surface area contributed by atoms with Crippen LogP contribution < -0.4 is 15.4 Å². The Kier molecular flexibility index (Phi) is 7.15. The van der Waals surface area contributed by atoms with Crippen LogP contribution in [0.25, 0.3) is 0 Å². The molecule has 188 valence electrons. The molecular formula is C28H25N3O6. The lowest BCUT2D eigenvalue weighted by atomic mass is 10.1. The van der Waals surface area contributed by atoms with Gasteiger partial charge in [0.05, 0.1) is 11.1 Å². The molecule has 0 fully saturated rings. The minimum Gasteiger partial charge on any atom is -0.427 e. The topological polar surface area (TPSA) is 122 Å². The molecule has 4 rings (SSSR count). The molecular weight excluding hydrogens is 474 g/mol. The van der Waals surface area contributed by atoms with Crippen LogP contribution in [0.3, 0.4) is 0 Å². The predicted molar refractivity (Wildman–Crippen MR) is 135 cm³/mol. The predicted octanol–water partition coefficient (Wildman–Crippen LogP) is 3.80. The first-order chi connectivity index (χ1) is 17.6. The summed E-state index contributed by atoms with van der Waals surface area (Å²) in [4.78, 5) is 62.5. The molecule has 0 unspecified atom stereocenters. The van der Waals surface area contributed by atoms with E-state index in [2.05, 4.69) is 10.6 Å². The summed E-state index contributed by atoms with van der Waals surface area (Å²) in [5, 5.41) is 5.57. The number of ether oxygens (including phenoxy) is 1. The minimum absolute atomic E-state index is 0.222. The number of benzene rings is 3. The van der Waals surface area contributed by atoms with Gasteiger partial charge in [-0.25, -0.2) is 0 Å². The lowest BCUT2D eigenvalue weighted by Crippen LogP contribution is -2.35. The number of nitrogens with one attached hydrogen (secondary N) is 2. The number of hydrogen-bond acceptors (Lipinski definition) is 6. The standard InChI is InChI=1S/C28H25N3O6/c1-16(2)31-27(35)23-12-9-20(14-24(23)28(31)36)25(33)29-15-18-7-10-21(11-8-18)30-26(34)19-5-4-6-22(13-19)37-17(3)32/h4-14,16H,15H2,1-3H3,(H,29,33)(H,30,34). The molecule has 0 spiro atoms. The van der Waals surface area contributed by atoms with Crippen molar-refractivity contribution in [2.24, 2.45) is 0 Å². The average molecular weight is 500 g/mol. The highest BCUT2D eigenvalue weighted by Crippen LogP contribution is 2.26. The van der Waals surface area contributed by atoms with Crippen molar-refractivity contribution < 1.29 is 28.7 Å². The van der Waals surface area contributed by atoms with Gasteiger partial charge in [-0.1, -0.05) is 18.2 Å². The number of fused-ring (bicyclic) bond motifs is 1. The first-order valence-corrected chi connectivity index (χ1v) is 11.6. The fourth-order valence-corrected chi connectivity index (χ4v) is 3.93. The van der Waals surface area contributed by atoms with Crippen molar-refractivity contribution in [2.75, 3.05) is 5.32 Å². The zero-order valence-electron chi connectivity index (χ0n) is 20.5. The molecule has 4 amide bonds. The van der Waals surface area contributed by atoms with E-state index in [4.69, 9.17) is 4.74 Å². The maximum absolute atomic E-state index is 12.7. The van der Waals surface area contributed by atoms with Crippen LogP contribution in [0.2, 0.25) is 0 Å². The number of amides is 4. The maximum Gasteiger partial charge on any atom is 0.308 e. The summed E-state index contributed by atoms with van der Waals surface area (Å²) in [7, 11) is 0. The Bertz CT molecular complexity index is 1410. The molecule has 0 bridgehead atoms. The molecule has 2 N–H and O–H groups in total. The highest BCUT2D eigenvalue weighted by Gasteiger charge is 2.37. The number of carbonyl (C=O) groups is 5. The van der Waals surface area contributed by atoms with Crippen LogP contribution in [0.4, 0.5) is 5.69 Å². The van der Waals surface area contributed by atoms with Gasteiger partial charge < -0.3 is 15.4 Å². The molecule has 0 radical (unpaired) electrons. The minimum atomic E-state index is -0.474. The number of imide groups is 1. The number of rotatable bonds is 7. The second kappa shape index (κ2) is 10.4. The van der Waals surface area contributed by atoms with E-state index in [0.29, 0.717) is 16.8 Å². The first-order valence-electron chi connectivity index (χ1n) is 11.6. The third-order valence-electron chi connectivity index (χ3n) is 5.72. The van der Waals surface area contributed by atoms with Crippen molar-refractivity contribution >= 4 is 35.3 Å². The van der Waals surface area contributed by atoms with E-state index < -0.39 is 11.9 Å². The quantitative estimate of drug-likeness (QED) is 0.290. The van der Waals surface area contributed by atoms with E-state index >= 15 is 0 Å². The summed E-state index contributed by atoms with van der Waals surface area (Å²) in [6, 6.07) is 17.4. The number of esters is 1. The lowest BCUT2D eigenvalue weighted by molar-refractivity contribution is -0.131. The van der Waals surface area contributed by atoms with Crippen LogP contribution in [0.15, 0.2) is 66.7 Å². The fourth-order valence-electron chi connectivity index (χ4n) is 3.93. The lowest BCUT2D eigenvalue weighted by Gasteiger charge is -2.17. The second-order valence-corrected chi connectivity index (χ2v) is 8.79. The zero-order chi connectivity index (χ0) is 26.7. The molecule has 0 saturated heterocycles. The number of hydrogen-bond donors (Lipinski definition) is 2. The van der Waals surface area contributed by atoms with E-state index in [1.54, 1.807) is 56.3 Å². The summed E-state index contributed by atoms with van der Waals surface area (Å²) in [6.45, 7) is 5.02. The van der Waals surface area contributed by atoms with Crippen molar-refractivity contribution in [3.05, 3.63) is 94.5 Å². The Balaban J connectivity index is 1.35. The Labute approximate surface area is 213 Å². The summed E-state index contributed by atoms with van der Waals surface area (Å²) in [6.07, 6.45) is 0. The van der Waals surface area contributed by atoms with E-state index in [1.807, 2.05) is 0 Å². The molecule has 0 aliphatic carbocycles. The van der Waals surface area contributed by atoms with Gasteiger partial charge in [0.2, 0.25) is 0 Å². The van der Waals surface area contributed by atoms with E-state index in [9.17, 15) is 24.0 Å². The van der Waals surface area contributed by atoms with Crippen molar-refractivity contribution in [3.8, 4) is 5.75 Å². The molecule has 37 heavy (non-hydrogen) atoms. The van der Waals surface area contributed by atoms with Gasteiger partial charge in [0.25, 0.3) is 23.6 Å². The summed E-state index contributed by atoms with van der Waals surface area (Å²) in [5.41, 5.74) is 2.48. The molecule has 1 aliphatic heterocycles. The Morgan fingerprint density at radius 1 is 0.838 bits per heavy atom. The SMILES string of the molecule is CC(=O)Oc1cccc(C(=O)Nc2ccc(CNC(=O)c3ccc4c(c3)C(=O)N(C(C)C)C4=O)cc2)c1. The van der Waals surface area contributed by atoms with E-state index in [1.165, 1.54) is 36.1 Å². The first kappa shape index (κ1) is 25.3. The number of nitrogens with zero attached hydrogens (tertiary/aromatic N) is 1. The average Bonchev–Trinajstić information content (AvgIpc) is 3.12. The smallest absolute Gasteiger partial charge is 0.308 e. The molecule has 1 heterocycles. The van der Waals surface area contributed by atoms with Crippen LogP contribution in [0.1, 0.15) is 67.8 Å². The van der Waals surface area contributed by atoms with Gasteiger partial charge in [0, 0.05) is 36.3 Å². The molecule has 0 atom stereocenters. The van der Waals surface area contributed by atoms with Crippen LogP contribution >= 0.6 is 0 Å². The van der Waals surface area contributed by atoms with Crippen LogP contribution in [-0.2, 0) is 11.3 Å². The summed E-state index contributed by atoms with van der Waals surface area (Å²) >= 11 is 0. The van der Waals surface area contributed by atoms with Gasteiger partial charge >= 0.3 is 5.97 Å². The third kappa shape index (κ3) is 5.56. The maximum atomic E-state index is 12.7. The van der Waals surface area contributed by atoms with E-state index in [0.717, 1.165) is 5.56 Å². The van der Waals surface area contributed by atoms with Gasteiger partial charge in [-0.3, -0.25) is 28.9 Å². The van der Waals surface area contributed by atoms with Gasteiger partial charge in [0.1, 0.15) is 5.75 Å². The van der Waals surface area contributed by atoms with Crippen LogP contribution in [0, 0.1) is 0 Å². The van der Waals surface area contributed by atoms with Crippen LogP contribution in [-0.4, -0.2) is 40.5 Å². The molecule has 9 heteroatoms.